The molecule has 2 N–H and O–H groups in total. The van der Waals surface area contributed by atoms with Crippen LogP contribution in [-0.2, 0) is 4.74 Å². The van der Waals surface area contributed by atoms with E-state index in [2.05, 4.69) is 37.1 Å². The number of hydrogen-bond donors (Lipinski definition) is 2. The highest BCUT2D eigenvalue weighted by Crippen LogP contribution is 2.68. The van der Waals surface area contributed by atoms with Crippen molar-refractivity contribution in [2.24, 2.45) is 40.4 Å². The van der Waals surface area contributed by atoms with Crippen molar-refractivity contribution in [3.63, 3.8) is 0 Å². The number of pyridine rings is 1. The standard InChI is InChI=1S/C31H47N3O2/c1-5-28(34-23-9-8-22(18-32)33-19-23)27-12-11-25-24-10-7-21-17-31(35,20-36-6-2)16-15-29(21,3)26(24)13-14-30(25,27)4/h8-9,19,21,24-28,34-35H,5-7,10-17,20H2,1-4H3/t21-,24+,25+,26+,27-,28+,29+,30+,31-/m1/s1. The number of hydrogen-bond acceptors (Lipinski definition) is 5. The number of nitrogens with zero attached hydrogens (tertiary/aromatic N) is 2. The highest BCUT2D eigenvalue weighted by Gasteiger charge is 2.61. The van der Waals surface area contributed by atoms with E-state index in [1.165, 1.54) is 38.5 Å². The van der Waals surface area contributed by atoms with Gasteiger partial charge in [-0.15, -0.1) is 0 Å². The Balaban J connectivity index is 1.30. The number of aromatic nitrogens is 1. The quantitative estimate of drug-likeness (QED) is 0.449. The fourth-order valence-corrected chi connectivity index (χ4v) is 9.69. The van der Waals surface area contributed by atoms with Crippen molar-refractivity contribution in [2.45, 2.75) is 104 Å². The molecule has 4 aliphatic rings. The first-order valence-electron chi connectivity index (χ1n) is 14.7. The third kappa shape index (κ3) is 4.37. The Bertz CT molecular complexity index is 960. The van der Waals surface area contributed by atoms with Crippen molar-refractivity contribution in [1.82, 2.24) is 4.98 Å². The molecular weight excluding hydrogens is 446 g/mol. The van der Waals surface area contributed by atoms with Crippen molar-refractivity contribution in [3.8, 4) is 6.07 Å². The van der Waals surface area contributed by atoms with E-state index in [4.69, 9.17) is 10.00 Å². The van der Waals surface area contributed by atoms with Crippen molar-refractivity contribution in [2.75, 3.05) is 18.5 Å². The molecule has 0 amide bonds. The SMILES string of the molecule is CCOC[C@@]1(O)CC[C@@]2(C)[C@H](CC[C@@H]3[C@@H]2CC[C@]2(C)[C@@H]([C@H](CC)Nc4ccc(C#N)nc4)CC[C@@H]32)C1. The van der Waals surface area contributed by atoms with E-state index < -0.39 is 5.60 Å². The summed E-state index contributed by atoms with van der Waals surface area (Å²) in [5, 5.41) is 24.2. The summed E-state index contributed by atoms with van der Waals surface area (Å²) in [4.78, 5) is 4.29. The number of anilines is 1. The van der Waals surface area contributed by atoms with Crippen LogP contribution in [0.15, 0.2) is 18.3 Å². The first-order chi connectivity index (χ1) is 17.3. The third-order valence-electron chi connectivity index (χ3n) is 11.6. The van der Waals surface area contributed by atoms with Crippen LogP contribution in [0.3, 0.4) is 0 Å². The van der Waals surface area contributed by atoms with E-state index >= 15 is 0 Å². The second-order valence-electron chi connectivity index (χ2n) is 13.2. The zero-order valence-corrected chi connectivity index (χ0v) is 22.9. The molecule has 0 unspecified atom stereocenters. The predicted molar refractivity (Wildman–Crippen MR) is 143 cm³/mol. The second kappa shape index (κ2) is 9.91. The molecule has 5 heteroatoms. The number of rotatable bonds is 7. The summed E-state index contributed by atoms with van der Waals surface area (Å²) in [6.45, 7) is 10.7. The van der Waals surface area contributed by atoms with E-state index in [0.717, 1.165) is 49.1 Å². The Kier molecular flexibility index (Phi) is 7.16. The summed E-state index contributed by atoms with van der Waals surface area (Å²) in [6.07, 6.45) is 13.9. The summed E-state index contributed by atoms with van der Waals surface area (Å²) < 4.78 is 5.69. The number of aliphatic hydroxyl groups is 1. The lowest BCUT2D eigenvalue weighted by Gasteiger charge is -2.62. The second-order valence-corrected chi connectivity index (χ2v) is 13.2. The molecule has 0 aromatic carbocycles. The smallest absolute Gasteiger partial charge is 0.140 e. The zero-order valence-electron chi connectivity index (χ0n) is 22.9. The van der Waals surface area contributed by atoms with Gasteiger partial charge in [0.1, 0.15) is 11.8 Å². The van der Waals surface area contributed by atoms with Gasteiger partial charge in [-0.1, -0.05) is 20.8 Å². The van der Waals surface area contributed by atoms with Gasteiger partial charge in [0.05, 0.1) is 24.1 Å². The van der Waals surface area contributed by atoms with Gasteiger partial charge in [0.25, 0.3) is 0 Å². The van der Waals surface area contributed by atoms with E-state index in [9.17, 15) is 5.11 Å². The average molecular weight is 494 g/mol. The van der Waals surface area contributed by atoms with Crippen molar-refractivity contribution in [1.29, 1.82) is 5.26 Å². The van der Waals surface area contributed by atoms with Crippen LogP contribution >= 0.6 is 0 Å². The third-order valence-corrected chi connectivity index (χ3v) is 11.6. The Labute approximate surface area is 218 Å². The molecule has 4 fully saturated rings. The molecule has 1 heterocycles. The van der Waals surface area contributed by atoms with E-state index in [0.29, 0.717) is 47.6 Å². The van der Waals surface area contributed by atoms with Gasteiger partial charge >= 0.3 is 0 Å². The van der Waals surface area contributed by atoms with Crippen LogP contribution in [0.25, 0.3) is 0 Å². The molecule has 4 aliphatic carbocycles. The number of nitrogens with one attached hydrogen (secondary N) is 1. The lowest BCUT2D eigenvalue weighted by molar-refractivity contribution is -0.165. The zero-order chi connectivity index (χ0) is 25.6. The van der Waals surface area contributed by atoms with Crippen molar-refractivity contribution in [3.05, 3.63) is 24.0 Å². The van der Waals surface area contributed by atoms with Crippen LogP contribution in [0.5, 0.6) is 0 Å². The predicted octanol–water partition coefficient (Wildman–Crippen LogP) is 6.57. The molecule has 0 bridgehead atoms. The van der Waals surface area contributed by atoms with Gasteiger partial charge in [-0.2, -0.15) is 5.26 Å². The fourth-order valence-electron chi connectivity index (χ4n) is 9.69. The first-order valence-corrected chi connectivity index (χ1v) is 14.7. The van der Waals surface area contributed by atoms with Gasteiger partial charge in [0.15, 0.2) is 0 Å². The van der Waals surface area contributed by atoms with Gasteiger partial charge in [-0.05, 0) is 124 Å². The molecule has 198 valence electrons. The minimum absolute atomic E-state index is 0.372. The van der Waals surface area contributed by atoms with E-state index in [1.807, 2.05) is 25.3 Å². The summed E-state index contributed by atoms with van der Waals surface area (Å²) in [7, 11) is 0. The molecule has 0 radical (unpaired) electrons. The number of fused-ring (bicyclic) bond motifs is 5. The Morgan fingerprint density at radius 2 is 1.89 bits per heavy atom. The molecule has 1 aromatic rings. The highest BCUT2D eigenvalue weighted by atomic mass is 16.5. The number of ether oxygens (including phenoxy) is 1. The molecular formula is C31H47N3O2. The molecule has 0 spiro atoms. The van der Waals surface area contributed by atoms with Crippen LogP contribution in [0.2, 0.25) is 0 Å². The maximum absolute atomic E-state index is 11.3. The van der Waals surface area contributed by atoms with Gasteiger partial charge in [0, 0.05) is 12.6 Å². The summed E-state index contributed by atoms with van der Waals surface area (Å²) in [5.41, 5.74) is 1.66. The molecule has 4 saturated carbocycles. The highest BCUT2D eigenvalue weighted by molar-refractivity contribution is 5.44. The monoisotopic (exact) mass is 493 g/mol. The van der Waals surface area contributed by atoms with Crippen LogP contribution < -0.4 is 5.32 Å². The van der Waals surface area contributed by atoms with E-state index in [-0.39, 0.29) is 0 Å². The maximum atomic E-state index is 11.3. The molecule has 0 saturated heterocycles. The molecule has 36 heavy (non-hydrogen) atoms. The molecule has 5 rings (SSSR count). The van der Waals surface area contributed by atoms with Crippen LogP contribution in [0, 0.1) is 51.8 Å². The molecule has 0 aliphatic heterocycles. The normalized spacial score (nSPS) is 42.5. The van der Waals surface area contributed by atoms with Crippen molar-refractivity contribution < 1.29 is 9.84 Å². The van der Waals surface area contributed by atoms with Gasteiger partial charge in [-0.25, -0.2) is 4.98 Å². The lowest BCUT2D eigenvalue weighted by atomic mass is 9.43. The Morgan fingerprint density at radius 3 is 2.58 bits per heavy atom. The van der Waals surface area contributed by atoms with Gasteiger partial charge < -0.3 is 15.2 Å². The minimum atomic E-state index is -0.616. The van der Waals surface area contributed by atoms with Gasteiger partial charge in [-0.3, -0.25) is 0 Å². The molecule has 5 nitrogen and oxygen atoms in total. The van der Waals surface area contributed by atoms with Crippen LogP contribution in [-0.4, -0.2) is 34.9 Å². The Hall–Kier alpha value is -1.64. The average Bonchev–Trinajstić information content (AvgIpc) is 3.24. The van der Waals surface area contributed by atoms with Gasteiger partial charge in [0.2, 0.25) is 0 Å². The fraction of sp³-hybridized carbons (Fsp3) is 0.806. The molecule has 9 atom stereocenters. The molecule has 1 aromatic heterocycles. The van der Waals surface area contributed by atoms with Crippen LogP contribution in [0.1, 0.15) is 97.6 Å². The van der Waals surface area contributed by atoms with E-state index in [1.54, 1.807) is 0 Å². The minimum Gasteiger partial charge on any atom is -0.387 e. The first kappa shape index (κ1) is 26.0. The van der Waals surface area contributed by atoms with Crippen LogP contribution in [0.4, 0.5) is 5.69 Å². The lowest BCUT2D eigenvalue weighted by Crippen LogP contribution is -2.57. The van der Waals surface area contributed by atoms with Crippen molar-refractivity contribution >= 4 is 5.69 Å². The largest absolute Gasteiger partial charge is 0.387 e. The number of nitriles is 1. The summed E-state index contributed by atoms with van der Waals surface area (Å²) in [5.74, 6) is 3.77. The summed E-state index contributed by atoms with van der Waals surface area (Å²) in [6, 6.07) is 6.40. The topological polar surface area (TPSA) is 78.2 Å². The summed E-state index contributed by atoms with van der Waals surface area (Å²) >= 11 is 0. The maximum Gasteiger partial charge on any atom is 0.140 e. The Morgan fingerprint density at radius 1 is 1.08 bits per heavy atom.